The molecule has 0 aromatic heterocycles. The normalized spacial score (nSPS) is 21.1. The van der Waals surface area contributed by atoms with E-state index in [0.717, 1.165) is 23.6 Å². The lowest BCUT2D eigenvalue weighted by Crippen LogP contribution is -2.39. The Morgan fingerprint density at radius 3 is 3.12 bits per heavy atom. The molecule has 1 saturated heterocycles. The zero-order valence-electron chi connectivity index (χ0n) is 9.82. The van der Waals surface area contributed by atoms with Gasteiger partial charge in [-0.2, -0.15) is 17.0 Å². The van der Waals surface area contributed by atoms with Crippen LogP contribution in [0.5, 0.6) is 0 Å². The van der Waals surface area contributed by atoms with Gasteiger partial charge in [0, 0.05) is 30.6 Å². The molecular formula is C13H15FN2S. The maximum Gasteiger partial charge on any atom is 0.123 e. The Bertz CT molecular complexity index is 442. The largest absolute Gasteiger partial charge is 0.295 e. The van der Waals surface area contributed by atoms with Gasteiger partial charge < -0.3 is 0 Å². The Kier molecular flexibility index (Phi) is 4.03. The van der Waals surface area contributed by atoms with Crippen molar-refractivity contribution in [3.8, 4) is 6.07 Å². The fourth-order valence-electron chi connectivity index (χ4n) is 2.02. The van der Waals surface area contributed by atoms with Gasteiger partial charge in [0.15, 0.2) is 0 Å². The van der Waals surface area contributed by atoms with Crippen LogP contribution in [0.4, 0.5) is 4.39 Å². The smallest absolute Gasteiger partial charge is 0.123 e. The van der Waals surface area contributed by atoms with Crippen molar-refractivity contribution in [1.29, 1.82) is 5.26 Å². The number of hydrogen-bond acceptors (Lipinski definition) is 3. The summed E-state index contributed by atoms with van der Waals surface area (Å²) in [5, 5.41) is 9.01. The molecule has 0 saturated carbocycles. The molecule has 2 nitrogen and oxygen atoms in total. The number of thioether (sulfide) groups is 1. The summed E-state index contributed by atoms with van der Waals surface area (Å²) in [6, 6.07) is 7.01. The Labute approximate surface area is 105 Å². The summed E-state index contributed by atoms with van der Waals surface area (Å²) in [6.45, 7) is 3.85. The molecule has 0 N–H and O–H groups in total. The van der Waals surface area contributed by atoms with Gasteiger partial charge >= 0.3 is 0 Å². The van der Waals surface area contributed by atoms with E-state index in [1.807, 2.05) is 11.8 Å². The first-order valence-electron chi connectivity index (χ1n) is 5.71. The van der Waals surface area contributed by atoms with Crippen LogP contribution in [0.1, 0.15) is 18.1 Å². The van der Waals surface area contributed by atoms with Gasteiger partial charge in [0.25, 0.3) is 0 Å². The second-order valence-electron chi connectivity index (χ2n) is 4.31. The number of hydrogen-bond donors (Lipinski definition) is 0. The third-order valence-corrected chi connectivity index (χ3v) is 4.26. The summed E-state index contributed by atoms with van der Waals surface area (Å²) in [5.74, 6) is 1.96. The van der Waals surface area contributed by atoms with Gasteiger partial charge in [-0.15, -0.1) is 0 Å². The molecule has 1 unspecified atom stereocenters. The fraction of sp³-hybridized carbons (Fsp3) is 0.462. The van der Waals surface area contributed by atoms with Gasteiger partial charge in [-0.1, -0.05) is 0 Å². The molecule has 0 spiro atoms. The average molecular weight is 250 g/mol. The second-order valence-corrected chi connectivity index (χ2v) is 5.46. The molecule has 0 amide bonds. The van der Waals surface area contributed by atoms with E-state index < -0.39 is 0 Å². The summed E-state index contributed by atoms with van der Waals surface area (Å²) < 4.78 is 13.2. The summed E-state index contributed by atoms with van der Waals surface area (Å²) in [5.41, 5.74) is 1.38. The highest BCUT2D eigenvalue weighted by molar-refractivity contribution is 7.99. The third kappa shape index (κ3) is 2.99. The number of nitrogens with zero attached hydrogens (tertiary/aromatic N) is 2. The zero-order chi connectivity index (χ0) is 12.3. The molecule has 1 aromatic rings. The summed E-state index contributed by atoms with van der Waals surface area (Å²) in [7, 11) is 0. The van der Waals surface area contributed by atoms with E-state index >= 15 is 0 Å². The predicted octanol–water partition coefficient (Wildman–Crippen LogP) is 2.63. The lowest BCUT2D eigenvalue weighted by atomic mass is 10.1. The predicted molar refractivity (Wildman–Crippen MR) is 68.3 cm³/mol. The first kappa shape index (κ1) is 12.4. The van der Waals surface area contributed by atoms with Crippen LogP contribution in [-0.2, 0) is 6.54 Å². The monoisotopic (exact) mass is 250 g/mol. The number of nitriles is 1. The molecular weight excluding hydrogens is 235 g/mol. The van der Waals surface area contributed by atoms with Crippen molar-refractivity contribution < 1.29 is 4.39 Å². The van der Waals surface area contributed by atoms with Gasteiger partial charge in [-0.3, -0.25) is 4.90 Å². The lowest BCUT2D eigenvalue weighted by molar-refractivity contribution is 0.223. The van der Waals surface area contributed by atoms with Crippen molar-refractivity contribution in [1.82, 2.24) is 4.90 Å². The van der Waals surface area contributed by atoms with Crippen LogP contribution in [0.2, 0.25) is 0 Å². The molecule has 1 atom stereocenters. The first-order chi connectivity index (χ1) is 8.20. The molecule has 2 rings (SSSR count). The molecule has 90 valence electrons. The zero-order valence-corrected chi connectivity index (χ0v) is 10.6. The fourth-order valence-corrected chi connectivity index (χ4v) is 3.10. The highest BCUT2D eigenvalue weighted by Crippen LogP contribution is 2.20. The number of rotatable bonds is 2. The molecule has 0 radical (unpaired) electrons. The standard InChI is InChI=1S/C13H15FN2S/c1-10-9-17-5-4-16(10)8-12-6-13(14)3-2-11(12)7-15/h2-3,6,10H,4-5,8-9H2,1H3. The van der Waals surface area contributed by atoms with Gasteiger partial charge in [0.1, 0.15) is 5.82 Å². The maximum atomic E-state index is 13.2. The van der Waals surface area contributed by atoms with Gasteiger partial charge in [0.05, 0.1) is 11.6 Å². The molecule has 4 heteroatoms. The van der Waals surface area contributed by atoms with E-state index in [-0.39, 0.29) is 5.82 Å². The van der Waals surface area contributed by atoms with Crippen molar-refractivity contribution in [2.24, 2.45) is 0 Å². The minimum absolute atomic E-state index is 0.266. The van der Waals surface area contributed by atoms with E-state index in [0.29, 0.717) is 18.2 Å². The minimum atomic E-state index is -0.266. The Morgan fingerprint density at radius 2 is 2.41 bits per heavy atom. The minimum Gasteiger partial charge on any atom is -0.295 e. The third-order valence-electron chi connectivity index (χ3n) is 3.07. The van der Waals surface area contributed by atoms with Crippen LogP contribution in [0.25, 0.3) is 0 Å². The van der Waals surface area contributed by atoms with Crippen molar-refractivity contribution in [3.63, 3.8) is 0 Å². The summed E-state index contributed by atoms with van der Waals surface area (Å²) in [6.07, 6.45) is 0. The SMILES string of the molecule is CC1CSCCN1Cc1cc(F)ccc1C#N. The molecule has 1 heterocycles. The van der Waals surface area contributed by atoms with Crippen LogP contribution >= 0.6 is 11.8 Å². The number of halogens is 1. The van der Waals surface area contributed by atoms with Gasteiger partial charge in [0.2, 0.25) is 0 Å². The average Bonchev–Trinajstić information content (AvgIpc) is 2.32. The van der Waals surface area contributed by atoms with Crippen molar-refractivity contribution >= 4 is 11.8 Å². The molecule has 1 aliphatic heterocycles. The van der Waals surface area contributed by atoms with Gasteiger partial charge in [-0.25, -0.2) is 4.39 Å². The summed E-state index contributed by atoms with van der Waals surface area (Å²) in [4.78, 5) is 2.31. The van der Waals surface area contributed by atoms with Crippen molar-refractivity contribution in [2.45, 2.75) is 19.5 Å². The Hall–Kier alpha value is -1.05. The Balaban J connectivity index is 2.17. The molecule has 0 aliphatic carbocycles. The second kappa shape index (κ2) is 5.52. The molecule has 1 fully saturated rings. The van der Waals surface area contributed by atoms with Crippen molar-refractivity contribution in [2.75, 3.05) is 18.1 Å². The lowest BCUT2D eigenvalue weighted by Gasteiger charge is -2.33. The van der Waals surface area contributed by atoms with E-state index in [1.54, 1.807) is 6.07 Å². The Morgan fingerprint density at radius 1 is 1.59 bits per heavy atom. The summed E-state index contributed by atoms with van der Waals surface area (Å²) >= 11 is 1.95. The first-order valence-corrected chi connectivity index (χ1v) is 6.86. The van der Waals surface area contributed by atoms with E-state index in [1.165, 1.54) is 12.1 Å². The topological polar surface area (TPSA) is 27.0 Å². The van der Waals surface area contributed by atoms with E-state index in [9.17, 15) is 4.39 Å². The number of benzene rings is 1. The van der Waals surface area contributed by atoms with E-state index in [4.69, 9.17) is 5.26 Å². The molecule has 1 aromatic carbocycles. The van der Waals surface area contributed by atoms with Crippen LogP contribution in [0, 0.1) is 17.1 Å². The van der Waals surface area contributed by atoms with Crippen LogP contribution in [-0.4, -0.2) is 29.0 Å². The highest BCUT2D eigenvalue weighted by atomic mass is 32.2. The molecule has 0 bridgehead atoms. The van der Waals surface area contributed by atoms with Crippen LogP contribution in [0.15, 0.2) is 18.2 Å². The van der Waals surface area contributed by atoms with Crippen molar-refractivity contribution in [3.05, 3.63) is 35.1 Å². The quantitative estimate of drug-likeness (QED) is 0.807. The van der Waals surface area contributed by atoms with Gasteiger partial charge in [-0.05, 0) is 30.7 Å². The van der Waals surface area contributed by atoms with Crippen LogP contribution in [0.3, 0.4) is 0 Å². The molecule has 17 heavy (non-hydrogen) atoms. The highest BCUT2D eigenvalue weighted by Gasteiger charge is 2.19. The molecule has 1 aliphatic rings. The van der Waals surface area contributed by atoms with E-state index in [2.05, 4.69) is 17.9 Å². The maximum absolute atomic E-state index is 13.2. The van der Waals surface area contributed by atoms with Crippen LogP contribution < -0.4 is 0 Å².